The highest BCUT2D eigenvalue weighted by atomic mass is 35.5. The summed E-state index contributed by atoms with van der Waals surface area (Å²) < 4.78 is 5.91. The number of halogens is 4. The number of carbonyl (C=O) groups is 1. The predicted octanol–water partition coefficient (Wildman–Crippen LogP) is 8.94. The van der Waals surface area contributed by atoms with Gasteiger partial charge < -0.3 is 15.0 Å². The van der Waals surface area contributed by atoms with Crippen molar-refractivity contribution in [3.63, 3.8) is 0 Å². The molecule has 42 heavy (non-hydrogen) atoms. The lowest BCUT2D eigenvalue weighted by molar-refractivity contribution is -0.128. The van der Waals surface area contributed by atoms with Crippen molar-refractivity contribution in [3.8, 4) is 5.75 Å². The highest BCUT2D eigenvalue weighted by molar-refractivity contribution is 7.12. The van der Waals surface area contributed by atoms with E-state index < -0.39 is 0 Å². The molecule has 3 aliphatic rings. The number of benzene rings is 2. The summed E-state index contributed by atoms with van der Waals surface area (Å²) in [5, 5.41) is 6.86. The highest BCUT2D eigenvalue weighted by Gasteiger charge is 2.41. The Balaban J connectivity index is 1.21. The van der Waals surface area contributed by atoms with E-state index in [4.69, 9.17) is 56.1 Å². The molecule has 1 amide bonds. The van der Waals surface area contributed by atoms with Crippen LogP contribution in [-0.4, -0.2) is 40.5 Å². The summed E-state index contributed by atoms with van der Waals surface area (Å²) in [6.45, 7) is 2.89. The van der Waals surface area contributed by atoms with Crippen LogP contribution in [0.25, 0.3) is 5.57 Å². The highest BCUT2D eigenvalue weighted by Crippen LogP contribution is 2.41. The predicted molar refractivity (Wildman–Crippen MR) is 173 cm³/mol. The fraction of sp³-hybridized carbons (Fsp3) is 0.438. The largest absolute Gasteiger partial charge is 0.490 e. The van der Waals surface area contributed by atoms with Crippen molar-refractivity contribution in [2.45, 2.75) is 83.0 Å². The lowest BCUT2D eigenvalue weighted by Gasteiger charge is -2.40. The molecule has 2 fully saturated rings. The van der Waals surface area contributed by atoms with E-state index in [0.29, 0.717) is 45.0 Å². The van der Waals surface area contributed by atoms with Gasteiger partial charge in [0.1, 0.15) is 0 Å². The average Bonchev–Trinajstić information content (AvgIpc) is 3.69. The molecule has 1 saturated heterocycles. The van der Waals surface area contributed by atoms with Crippen molar-refractivity contribution in [1.29, 1.82) is 0 Å². The second-order valence-electron chi connectivity index (χ2n) is 11.4. The molecule has 10 heteroatoms. The van der Waals surface area contributed by atoms with E-state index in [-0.39, 0.29) is 18.0 Å². The standard InChI is InChI=1S/C32H33Cl4N3O2S/c1-18-13-24(34)31(25(35)14-18)41-12-4-9-28-37-16-27(42-28)22-15-20-6-3-8-26(38-20)29(22)32(40)39(21-10-11-21)17-19-5-2-7-23(33)30(19)36/h2,5,7,13-14,16,20-21,26,38H,3-4,6,8-12,15,17H2,1H3/t20-,26+/m0/s1. The van der Waals surface area contributed by atoms with Gasteiger partial charge in [-0.1, -0.05) is 58.5 Å². The number of hydrogen-bond donors (Lipinski definition) is 1. The summed E-state index contributed by atoms with van der Waals surface area (Å²) in [5.74, 6) is 0.634. The molecule has 6 rings (SSSR count). The number of rotatable bonds is 10. The minimum Gasteiger partial charge on any atom is -0.490 e. The quantitative estimate of drug-likeness (QED) is 0.220. The molecule has 1 N–H and O–H groups in total. The molecule has 2 atom stereocenters. The van der Waals surface area contributed by atoms with Gasteiger partial charge in [-0.2, -0.15) is 0 Å². The molecule has 0 radical (unpaired) electrons. The molecule has 2 aromatic carbocycles. The molecular formula is C32H33Cl4N3O2S. The zero-order valence-corrected chi connectivity index (χ0v) is 27.2. The van der Waals surface area contributed by atoms with Crippen LogP contribution in [0.15, 0.2) is 42.1 Å². The summed E-state index contributed by atoms with van der Waals surface area (Å²) >= 11 is 27.2. The number of hydrogen-bond acceptors (Lipinski definition) is 5. The van der Waals surface area contributed by atoms with Gasteiger partial charge in [0, 0.05) is 42.9 Å². The molecule has 2 aliphatic heterocycles. The minimum absolute atomic E-state index is 0.0547. The summed E-state index contributed by atoms with van der Waals surface area (Å²) in [7, 11) is 0. The Morgan fingerprint density at radius 1 is 1.10 bits per heavy atom. The monoisotopic (exact) mass is 663 g/mol. The van der Waals surface area contributed by atoms with Crippen LogP contribution < -0.4 is 10.1 Å². The SMILES string of the molecule is Cc1cc(Cl)c(OCCCc2ncc(C3=C(C(=O)N(Cc4cccc(Cl)c4Cl)C4CC4)[C@H]4CCC[C@@H](C3)N4)s2)c(Cl)c1. The van der Waals surface area contributed by atoms with E-state index >= 15 is 0 Å². The van der Waals surface area contributed by atoms with Crippen LogP contribution >= 0.6 is 57.7 Å². The van der Waals surface area contributed by atoms with E-state index in [9.17, 15) is 4.79 Å². The van der Waals surface area contributed by atoms with E-state index in [1.807, 2.05) is 42.3 Å². The number of carbonyl (C=O) groups excluding carboxylic acids is 1. The average molecular weight is 666 g/mol. The Bertz CT molecular complexity index is 1500. The van der Waals surface area contributed by atoms with E-state index in [1.54, 1.807) is 17.4 Å². The Morgan fingerprint density at radius 2 is 1.88 bits per heavy atom. The zero-order valence-electron chi connectivity index (χ0n) is 23.4. The lowest BCUT2D eigenvalue weighted by Crippen LogP contribution is -2.51. The number of nitrogens with zero attached hydrogens (tertiary/aromatic N) is 2. The summed E-state index contributed by atoms with van der Waals surface area (Å²) in [4.78, 5) is 22.3. The number of nitrogens with one attached hydrogen (secondary N) is 1. The first-order valence-electron chi connectivity index (χ1n) is 14.5. The fourth-order valence-corrected chi connectivity index (χ4v) is 8.15. The van der Waals surface area contributed by atoms with Crippen molar-refractivity contribution in [2.75, 3.05) is 6.61 Å². The van der Waals surface area contributed by atoms with Gasteiger partial charge in [-0.25, -0.2) is 4.98 Å². The number of piperidine rings is 1. The second-order valence-corrected chi connectivity index (χ2v) is 14.2. The second kappa shape index (κ2) is 13.1. The van der Waals surface area contributed by atoms with Gasteiger partial charge in [0.2, 0.25) is 0 Å². The summed E-state index contributed by atoms with van der Waals surface area (Å²) in [6, 6.07) is 10.0. The number of fused-ring (bicyclic) bond motifs is 2. The molecular weight excluding hydrogens is 632 g/mol. The maximum Gasteiger partial charge on any atom is 0.252 e. The minimum atomic E-state index is 0.0547. The molecule has 3 aromatic rings. The van der Waals surface area contributed by atoms with Gasteiger partial charge in [-0.15, -0.1) is 11.3 Å². The first kappa shape index (κ1) is 30.2. The third-order valence-corrected chi connectivity index (χ3v) is 10.8. The Morgan fingerprint density at radius 3 is 2.64 bits per heavy atom. The van der Waals surface area contributed by atoms with Crippen LogP contribution in [0.2, 0.25) is 20.1 Å². The normalized spacial score (nSPS) is 20.1. The van der Waals surface area contributed by atoms with Crippen molar-refractivity contribution in [3.05, 3.63) is 83.2 Å². The third-order valence-electron chi connectivity index (χ3n) is 8.23. The molecule has 1 saturated carbocycles. The van der Waals surface area contributed by atoms with Crippen molar-refractivity contribution in [1.82, 2.24) is 15.2 Å². The Kier molecular flexibility index (Phi) is 9.40. The molecule has 2 bridgehead atoms. The smallest absolute Gasteiger partial charge is 0.252 e. The van der Waals surface area contributed by atoms with Crippen LogP contribution in [0.4, 0.5) is 0 Å². The number of aryl methyl sites for hydroxylation is 2. The molecule has 5 nitrogen and oxygen atoms in total. The van der Waals surface area contributed by atoms with Gasteiger partial charge in [0.15, 0.2) is 5.75 Å². The van der Waals surface area contributed by atoms with Crippen molar-refractivity contribution < 1.29 is 9.53 Å². The van der Waals surface area contributed by atoms with Crippen LogP contribution in [0.3, 0.4) is 0 Å². The number of amides is 1. The molecule has 0 spiro atoms. The number of ether oxygens (including phenoxy) is 1. The van der Waals surface area contributed by atoms with Crippen LogP contribution in [0.5, 0.6) is 5.75 Å². The summed E-state index contributed by atoms with van der Waals surface area (Å²) in [5.41, 5.74) is 3.93. The van der Waals surface area contributed by atoms with E-state index in [2.05, 4.69) is 5.32 Å². The number of aromatic nitrogens is 1. The topological polar surface area (TPSA) is 54.5 Å². The first-order valence-corrected chi connectivity index (χ1v) is 16.9. The van der Waals surface area contributed by atoms with E-state index in [1.165, 1.54) is 0 Å². The van der Waals surface area contributed by atoms with Crippen LogP contribution in [-0.2, 0) is 17.8 Å². The number of thiazole rings is 1. The Hall–Kier alpha value is -1.80. The molecule has 3 heterocycles. The van der Waals surface area contributed by atoms with Gasteiger partial charge in [-0.05, 0) is 86.8 Å². The van der Waals surface area contributed by atoms with Crippen molar-refractivity contribution in [2.24, 2.45) is 0 Å². The van der Waals surface area contributed by atoms with Crippen LogP contribution in [0, 0.1) is 6.92 Å². The molecule has 1 aromatic heterocycles. The maximum absolute atomic E-state index is 14.4. The third kappa shape index (κ3) is 6.64. The zero-order chi connectivity index (χ0) is 29.4. The first-order chi connectivity index (χ1) is 20.3. The molecule has 1 aliphatic carbocycles. The summed E-state index contributed by atoms with van der Waals surface area (Å²) in [6.07, 6.45) is 9.58. The molecule has 222 valence electrons. The van der Waals surface area contributed by atoms with Crippen molar-refractivity contribution >= 4 is 69.2 Å². The fourth-order valence-electron chi connectivity index (χ4n) is 6.04. The van der Waals surface area contributed by atoms with Gasteiger partial charge >= 0.3 is 0 Å². The van der Waals surface area contributed by atoms with Gasteiger partial charge in [0.25, 0.3) is 5.91 Å². The molecule has 0 unspecified atom stereocenters. The van der Waals surface area contributed by atoms with Gasteiger partial charge in [-0.3, -0.25) is 4.79 Å². The lowest BCUT2D eigenvalue weighted by atomic mass is 9.81. The van der Waals surface area contributed by atoms with Crippen LogP contribution in [0.1, 0.15) is 66.0 Å². The van der Waals surface area contributed by atoms with E-state index in [0.717, 1.165) is 83.5 Å². The van der Waals surface area contributed by atoms with Gasteiger partial charge in [0.05, 0.1) is 36.6 Å². The Labute approximate surface area is 271 Å². The maximum atomic E-state index is 14.4.